The molecule has 3 rings (SSSR count). The number of carbonyl (C=O) groups is 2. The third-order valence-corrected chi connectivity index (χ3v) is 5.50. The third kappa shape index (κ3) is 5.65. The first-order valence-corrected chi connectivity index (χ1v) is 10.1. The molecule has 2 atom stereocenters. The molecule has 1 heterocycles. The van der Waals surface area contributed by atoms with Gasteiger partial charge in [0.1, 0.15) is 0 Å². The third-order valence-electron chi connectivity index (χ3n) is 5.50. The maximum atomic E-state index is 12.8. The summed E-state index contributed by atoms with van der Waals surface area (Å²) in [6.07, 6.45) is 2.61. The number of hydrogen-bond donors (Lipinski definition) is 2. The molecule has 2 unspecified atom stereocenters. The van der Waals surface area contributed by atoms with Crippen molar-refractivity contribution in [3.8, 4) is 0 Å². The number of nitrogens with zero attached hydrogens (tertiary/aromatic N) is 2. The number of likely N-dealkylation sites (tertiary alicyclic amines) is 1. The summed E-state index contributed by atoms with van der Waals surface area (Å²) in [5.41, 5.74) is 8.31. The molecule has 1 saturated heterocycles. The molecule has 154 valence electrons. The van der Waals surface area contributed by atoms with E-state index in [1.165, 1.54) is 0 Å². The van der Waals surface area contributed by atoms with E-state index in [1.54, 1.807) is 24.3 Å². The van der Waals surface area contributed by atoms with E-state index in [-0.39, 0.29) is 17.9 Å². The van der Waals surface area contributed by atoms with Crippen LogP contribution in [0.1, 0.15) is 28.8 Å². The number of nitrogens with one attached hydrogen (secondary N) is 1. The fourth-order valence-corrected chi connectivity index (χ4v) is 3.72. The quantitative estimate of drug-likeness (QED) is 0.788. The van der Waals surface area contributed by atoms with Crippen molar-refractivity contribution in [3.05, 3.63) is 65.7 Å². The molecule has 6 heteroatoms. The lowest BCUT2D eigenvalue weighted by Gasteiger charge is -2.35. The molecule has 0 bridgehead atoms. The maximum absolute atomic E-state index is 12.8. The van der Waals surface area contributed by atoms with Gasteiger partial charge in [0.25, 0.3) is 5.91 Å². The Labute approximate surface area is 172 Å². The van der Waals surface area contributed by atoms with Gasteiger partial charge in [-0.1, -0.05) is 30.3 Å². The zero-order chi connectivity index (χ0) is 20.8. The lowest BCUT2D eigenvalue weighted by atomic mass is 10.0. The summed E-state index contributed by atoms with van der Waals surface area (Å²) in [6, 6.07) is 16.3. The van der Waals surface area contributed by atoms with Crippen LogP contribution in [0, 0.1) is 0 Å². The molecule has 3 N–H and O–H groups in total. The first-order chi connectivity index (χ1) is 13.9. The van der Waals surface area contributed by atoms with E-state index < -0.39 is 6.04 Å². The van der Waals surface area contributed by atoms with Crippen LogP contribution in [-0.4, -0.2) is 60.9 Å². The number of piperidine rings is 1. The summed E-state index contributed by atoms with van der Waals surface area (Å²) >= 11 is 0. The largest absolute Gasteiger partial charge is 0.337 e. The van der Waals surface area contributed by atoms with Crippen molar-refractivity contribution >= 4 is 17.5 Å². The molecule has 1 aliphatic heterocycles. The van der Waals surface area contributed by atoms with E-state index >= 15 is 0 Å². The Kier molecular flexibility index (Phi) is 7.01. The first kappa shape index (κ1) is 21.0. The normalized spacial score (nSPS) is 18.1. The van der Waals surface area contributed by atoms with Crippen molar-refractivity contribution in [3.63, 3.8) is 0 Å². The molecular weight excluding hydrogens is 364 g/mol. The van der Waals surface area contributed by atoms with E-state index in [0.29, 0.717) is 17.7 Å². The van der Waals surface area contributed by atoms with E-state index in [1.807, 2.05) is 42.3 Å². The Morgan fingerprint density at radius 2 is 1.86 bits per heavy atom. The number of hydrogen-bond acceptors (Lipinski definition) is 4. The van der Waals surface area contributed by atoms with Gasteiger partial charge in [0.05, 0.1) is 6.04 Å². The van der Waals surface area contributed by atoms with Crippen LogP contribution in [0.25, 0.3) is 0 Å². The fraction of sp³-hybridized carbons (Fsp3) is 0.391. The van der Waals surface area contributed by atoms with Gasteiger partial charge in [0.15, 0.2) is 0 Å². The first-order valence-electron chi connectivity index (χ1n) is 10.1. The zero-order valence-corrected chi connectivity index (χ0v) is 17.2. The van der Waals surface area contributed by atoms with Crippen molar-refractivity contribution < 1.29 is 9.59 Å². The van der Waals surface area contributed by atoms with Gasteiger partial charge >= 0.3 is 0 Å². The number of anilines is 1. The summed E-state index contributed by atoms with van der Waals surface area (Å²) in [5.74, 6) is -0.237. The van der Waals surface area contributed by atoms with E-state index in [9.17, 15) is 9.59 Å². The van der Waals surface area contributed by atoms with E-state index in [0.717, 1.165) is 31.5 Å². The highest BCUT2D eigenvalue weighted by atomic mass is 16.2. The minimum Gasteiger partial charge on any atom is -0.337 e. The van der Waals surface area contributed by atoms with Crippen LogP contribution in [0.2, 0.25) is 0 Å². The summed E-state index contributed by atoms with van der Waals surface area (Å²) in [6.45, 7) is 1.98. The summed E-state index contributed by atoms with van der Waals surface area (Å²) in [7, 11) is 3.95. The lowest BCUT2D eigenvalue weighted by Crippen LogP contribution is -2.47. The van der Waals surface area contributed by atoms with Crippen molar-refractivity contribution in [2.24, 2.45) is 5.73 Å². The van der Waals surface area contributed by atoms with Gasteiger partial charge in [-0.05, 0) is 62.7 Å². The molecule has 0 spiro atoms. The summed E-state index contributed by atoms with van der Waals surface area (Å²) in [4.78, 5) is 29.3. The molecular formula is C23H30N4O2. The van der Waals surface area contributed by atoms with Crippen LogP contribution in [0.5, 0.6) is 0 Å². The molecule has 0 aromatic heterocycles. The average Bonchev–Trinajstić information content (AvgIpc) is 2.74. The number of rotatable bonds is 6. The van der Waals surface area contributed by atoms with Gasteiger partial charge in [0.2, 0.25) is 5.91 Å². The van der Waals surface area contributed by atoms with Gasteiger partial charge in [-0.2, -0.15) is 0 Å². The van der Waals surface area contributed by atoms with Crippen molar-refractivity contribution in [2.45, 2.75) is 31.3 Å². The molecule has 1 aliphatic rings. The second kappa shape index (κ2) is 9.67. The molecule has 2 aromatic carbocycles. The maximum Gasteiger partial charge on any atom is 0.253 e. The minimum absolute atomic E-state index is 0.00366. The number of likely N-dealkylation sites (N-methyl/N-ethyl adjacent to an activating group) is 2. The van der Waals surface area contributed by atoms with Gasteiger partial charge in [0, 0.05) is 30.9 Å². The Balaban J connectivity index is 1.56. The Hall–Kier alpha value is -2.70. The predicted molar refractivity (Wildman–Crippen MR) is 116 cm³/mol. The standard InChI is InChI=1S/C23H30N4O2/c1-26-14-6-9-20(16-26)27(2)23(29)18-10-12-19(13-11-18)25-22(28)21(24)15-17-7-4-3-5-8-17/h3-5,7-8,10-13,20-21H,6,9,14-16,24H2,1-2H3,(H,25,28). The van der Waals surface area contributed by atoms with Gasteiger partial charge in [-0.25, -0.2) is 0 Å². The molecule has 0 saturated carbocycles. The van der Waals surface area contributed by atoms with E-state index in [4.69, 9.17) is 5.73 Å². The topological polar surface area (TPSA) is 78.7 Å². The fourth-order valence-electron chi connectivity index (χ4n) is 3.72. The highest BCUT2D eigenvalue weighted by Gasteiger charge is 2.25. The Bertz CT molecular complexity index is 823. The number of benzene rings is 2. The van der Waals surface area contributed by atoms with Crippen LogP contribution < -0.4 is 11.1 Å². The highest BCUT2D eigenvalue weighted by molar-refractivity contribution is 5.97. The van der Waals surface area contributed by atoms with Crippen molar-refractivity contribution in [1.82, 2.24) is 9.80 Å². The van der Waals surface area contributed by atoms with Crippen LogP contribution in [0.4, 0.5) is 5.69 Å². The molecule has 29 heavy (non-hydrogen) atoms. The SMILES string of the molecule is CN1CCCC(N(C)C(=O)c2ccc(NC(=O)C(N)Cc3ccccc3)cc2)C1. The highest BCUT2D eigenvalue weighted by Crippen LogP contribution is 2.17. The number of amides is 2. The Morgan fingerprint density at radius 1 is 1.17 bits per heavy atom. The van der Waals surface area contributed by atoms with Gasteiger partial charge in [-0.3, -0.25) is 9.59 Å². The second-order valence-electron chi connectivity index (χ2n) is 7.84. The minimum atomic E-state index is -0.631. The summed E-state index contributed by atoms with van der Waals surface area (Å²) in [5, 5.41) is 2.83. The summed E-state index contributed by atoms with van der Waals surface area (Å²) < 4.78 is 0. The smallest absolute Gasteiger partial charge is 0.253 e. The van der Waals surface area contributed by atoms with Crippen molar-refractivity contribution in [2.75, 3.05) is 32.5 Å². The molecule has 6 nitrogen and oxygen atoms in total. The average molecular weight is 395 g/mol. The van der Waals surface area contributed by atoms with E-state index in [2.05, 4.69) is 17.3 Å². The van der Waals surface area contributed by atoms with Crippen LogP contribution in [0.15, 0.2) is 54.6 Å². The van der Waals surface area contributed by atoms with Gasteiger partial charge in [-0.15, -0.1) is 0 Å². The zero-order valence-electron chi connectivity index (χ0n) is 17.2. The second-order valence-corrected chi connectivity index (χ2v) is 7.84. The number of nitrogens with two attached hydrogens (primary N) is 1. The molecule has 2 amide bonds. The van der Waals surface area contributed by atoms with Crippen molar-refractivity contribution in [1.29, 1.82) is 0 Å². The van der Waals surface area contributed by atoms with Crippen LogP contribution in [-0.2, 0) is 11.2 Å². The van der Waals surface area contributed by atoms with Crippen LogP contribution >= 0.6 is 0 Å². The molecule has 2 aromatic rings. The lowest BCUT2D eigenvalue weighted by molar-refractivity contribution is -0.117. The molecule has 0 aliphatic carbocycles. The van der Waals surface area contributed by atoms with Gasteiger partial charge < -0.3 is 20.9 Å². The Morgan fingerprint density at radius 3 is 2.52 bits per heavy atom. The van der Waals surface area contributed by atoms with Crippen LogP contribution in [0.3, 0.4) is 0 Å². The monoisotopic (exact) mass is 394 g/mol. The predicted octanol–water partition coefficient (Wildman–Crippen LogP) is 2.36. The molecule has 1 fully saturated rings. The number of carbonyl (C=O) groups excluding carboxylic acids is 2. The molecule has 0 radical (unpaired) electrons.